The highest BCUT2D eigenvalue weighted by Gasteiger charge is 2.20. The van der Waals surface area contributed by atoms with Crippen LogP contribution in [0, 0.1) is 5.92 Å². The van der Waals surface area contributed by atoms with Gasteiger partial charge in [-0.05, 0) is 24.5 Å². The van der Waals surface area contributed by atoms with E-state index in [0.29, 0.717) is 17.6 Å². The Morgan fingerprint density at radius 1 is 1.20 bits per heavy atom. The number of amides is 1. The number of rotatable bonds is 6. The summed E-state index contributed by atoms with van der Waals surface area (Å²) in [7, 11) is 1.64. The molecule has 0 aliphatic carbocycles. The molecule has 0 unspecified atom stereocenters. The molecule has 8 heteroatoms. The van der Waals surface area contributed by atoms with Crippen molar-refractivity contribution >= 4 is 5.91 Å². The van der Waals surface area contributed by atoms with E-state index in [4.69, 9.17) is 9.05 Å². The van der Waals surface area contributed by atoms with Crippen molar-refractivity contribution in [3.05, 3.63) is 47.9 Å². The predicted octanol–water partition coefficient (Wildman–Crippen LogP) is 2.59. The van der Waals surface area contributed by atoms with Crippen LogP contribution in [-0.2, 0) is 13.0 Å². The minimum Gasteiger partial charge on any atom is -0.351 e. The van der Waals surface area contributed by atoms with Gasteiger partial charge in [0.25, 0.3) is 5.91 Å². The molecule has 3 rings (SSSR count). The summed E-state index contributed by atoms with van der Waals surface area (Å²) in [4.78, 5) is 22.1. The number of aromatic nitrogens is 4. The Morgan fingerprint density at radius 3 is 2.68 bits per heavy atom. The van der Waals surface area contributed by atoms with Crippen molar-refractivity contribution in [2.45, 2.75) is 26.8 Å². The lowest BCUT2D eigenvalue weighted by Crippen LogP contribution is -2.26. The normalized spacial score (nSPS) is 11.0. The van der Waals surface area contributed by atoms with Gasteiger partial charge in [0, 0.05) is 31.1 Å². The SMILES string of the molecule is CC(C)Cc1cc(C(=O)N(C)Cc2nc(-c3ccncc3)no2)on1. The number of carbonyl (C=O) groups is 1. The smallest absolute Gasteiger partial charge is 0.292 e. The van der Waals surface area contributed by atoms with E-state index in [2.05, 4.69) is 34.1 Å². The lowest BCUT2D eigenvalue weighted by Gasteiger charge is -2.11. The van der Waals surface area contributed by atoms with E-state index in [1.165, 1.54) is 4.90 Å². The van der Waals surface area contributed by atoms with Gasteiger partial charge in [-0.3, -0.25) is 9.78 Å². The van der Waals surface area contributed by atoms with Crippen LogP contribution in [-0.4, -0.2) is 38.1 Å². The largest absolute Gasteiger partial charge is 0.351 e. The number of pyridine rings is 1. The highest BCUT2D eigenvalue weighted by molar-refractivity contribution is 5.91. The van der Waals surface area contributed by atoms with Gasteiger partial charge in [-0.25, -0.2) is 0 Å². The first-order chi connectivity index (χ1) is 12.0. The number of hydrogen-bond acceptors (Lipinski definition) is 7. The first kappa shape index (κ1) is 16.8. The molecular weight excluding hydrogens is 322 g/mol. The molecule has 0 spiro atoms. The summed E-state index contributed by atoms with van der Waals surface area (Å²) in [5.74, 6) is 1.15. The minimum absolute atomic E-state index is 0.178. The van der Waals surface area contributed by atoms with Crippen molar-refractivity contribution in [2.75, 3.05) is 7.05 Å². The Bertz CT molecular complexity index is 841. The van der Waals surface area contributed by atoms with E-state index in [9.17, 15) is 4.79 Å². The summed E-state index contributed by atoms with van der Waals surface area (Å²) in [6.45, 7) is 4.34. The highest BCUT2D eigenvalue weighted by Crippen LogP contribution is 2.16. The molecule has 0 N–H and O–H groups in total. The van der Waals surface area contributed by atoms with Crippen LogP contribution in [0.3, 0.4) is 0 Å². The zero-order valence-corrected chi connectivity index (χ0v) is 14.3. The van der Waals surface area contributed by atoms with Crippen LogP contribution in [0.15, 0.2) is 39.6 Å². The monoisotopic (exact) mass is 341 g/mol. The van der Waals surface area contributed by atoms with Gasteiger partial charge in [0.15, 0.2) is 0 Å². The molecule has 0 aliphatic heterocycles. The molecule has 0 saturated heterocycles. The summed E-state index contributed by atoms with van der Waals surface area (Å²) in [6, 6.07) is 5.25. The number of nitrogens with zero attached hydrogens (tertiary/aromatic N) is 5. The first-order valence-corrected chi connectivity index (χ1v) is 7.97. The number of carbonyl (C=O) groups excluding carboxylic acids is 1. The fourth-order valence-electron chi connectivity index (χ4n) is 2.33. The Kier molecular flexibility index (Phi) is 4.87. The Hall–Kier alpha value is -3.03. The van der Waals surface area contributed by atoms with Gasteiger partial charge < -0.3 is 13.9 Å². The van der Waals surface area contributed by atoms with Crippen molar-refractivity contribution in [2.24, 2.45) is 5.92 Å². The molecule has 1 amide bonds. The molecular formula is C17H19N5O3. The molecule has 130 valence electrons. The van der Waals surface area contributed by atoms with Crippen LogP contribution in [0.1, 0.15) is 36.0 Å². The van der Waals surface area contributed by atoms with Crippen LogP contribution < -0.4 is 0 Å². The van der Waals surface area contributed by atoms with Crippen LogP contribution in [0.4, 0.5) is 0 Å². The van der Waals surface area contributed by atoms with Crippen LogP contribution in [0.5, 0.6) is 0 Å². The molecule has 0 saturated carbocycles. The summed E-state index contributed by atoms with van der Waals surface area (Å²) in [5, 5.41) is 7.85. The highest BCUT2D eigenvalue weighted by atomic mass is 16.5. The first-order valence-electron chi connectivity index (χ1n) is 7.97. The average molecular weight is 341 g/mol. The predicted molar refractivity (Wildman–Crippen MR) is 88.4 cm³/mol. The van der Waals surface area contributed by atoms with Crippen LogP contribution in [0.2, 0.25) is 0 Å². The van der Waals surface area contributed by atoms with Gasteiger partial charge in [0.1, 0.15) is 6.54 Å². The molecule has 3 heterocycles. The lowest BCUT2D eigenvalue weighted by molar-refractivity contribution is 0.0728. The third-order valence-corrected chi connectivity index (χ3v) is 3.51. The van der Waals surface area contributed by atoms with Crippen molar-refractivity contribution in [3.63, 3.8) is 0 Å². The van der Waals surface area contributed by atoms with Gasteiger partial charge in [0.2, 0.25) is 17.5 Å². The average Bonchev–Trinajstić information content (AvgIpc) is 3.24. The molecule has 0 radical (unpaired) electrons. The van der Waals surface area contributed by atoms with E-state index >= 15 is 0 Å². The van der Waals surface area contributed by atoms with Gasteiger partial charge >= 0.3 is 0 Å². The van der Waals surface area contributed by atoms with Crippen LogP contribution >= 0.6 is 0 Å². The van der Waals surface area contributed by atoms with Gasteiger partial charge in [-0.15, -0.1) is 0 Å². The molecule has 0 atom stereocenters. The molecule has 0 fully saturated rings. The quantitative estimate of drug-likeness (QED) is 0.679. The maximum Gasteiger partial charge on any atom is 0.292 e. The van der Waals surface area contributed by atoms with Crippen molar-refractivity contribution in [3.8, 4) is 11.4 Å². The van der Waals surface area contributed by atoms with E-state index in [1.54, 1.807) is 37.6 Å². The minimum atomic E-state index is -0.286. The fraction of sp³-hybridized carbons (Fsp3) is 0.353. The third kappa shape index (κ3) is 4.09. The van der Waals surface area contributed by atoms with E-state index in [1.807, 2.05) is 0 Å². The van der Waals surface area contributed by atoms with Gasteiger partial charge in [0.05, 0.1) is 5.69 Å². The molecule has 8 nitrogen and oxygen atoms in total. The molecule has 0 aromatic carbocycles. The standard InChI is InChI=1S/C17H19N5O3/c1-11(2)8-13-9-14(24-20-13)17(23)22(3)10-15-19-16(21-25-15)12-4-6-18-7-5-12/h4-7,9,11H,8,10H2,1-3H3. The van der Waals surface area contributed by atoms with E-state index in [-0.39, 0.29) is 18.2 Å². The van der Waals surface area contributed by atoms with Crippen molar-refractivity contribution in [1.82, 2.24) is 25.2 Å². The maximum atomic E-state index is 12.4. The summed E-state index contributed by atoms with van der Waals surface area (Å²) >= 11 is 0. The van der Waals surface area contributed by atoms with Crippen molar-refractivity contribution < 1.29 is 13.8 Å². The van der Waals surface area contributed by atoms with E-state index < -0.39 is 0 Å². The van der Waals surface area contributed by atoms with Gasteiger partial charge in [-0.2, -0.15) is 4.98 Å². The second-order valence-electron chi connectivity index (χ2n) is 6.19. The summed E-state index contributed by atoms with van der Waals surface area (Å²) in [6.07, 6.45) is 4.07. The molecule has 0 aliphatic rings. The Balaban J connectivity index is 1.66. The second kappa shape index (κ2) is 7.25. The molecule has 3 aromatic heterocycles. The van der Waals surface area contributed by atoms with E-state index in [0.717, 1.165) is 17.7 Å². The second-order valence-corrected chi connectivity index (χ2v) is 6.19. The van der Waals surface area contributed by atoms with Crippen LogP contribution in [0.25, 0.3) is 11.4 Å². The molecule has 25 heavy (non-hydrogen) atoms. The molecule has 3 aromatic rings. The molecule has 0 bridgehead atoms. The summed E-state index contributed by atoms with van der Waals surface area (Å²) < 4.78 is 10.4. The topological polar surface area (TPSA) is 98.2 Å². The zero-order chi connectivity index (χ0) is 17.8. The zero-order valence-electron chi connectivity index (χ0n) is 14.3. The third-order valence-electron chi connectivity index (χ3n) is 3.51. The maximum absolute atomic E-state index is 12.4. The Labute approximate surface area is 144 Å². The van der Waals surface area contributed by atoms with Crippen molar-refractivity contribution in [1.29, 1.82) is 0 Å². The Morgan fingerprint density at radius 2 is 1.96 bits per heavy atom. The van der Waals surface area contributed by atoms with Gasteiger partial charge in [-0.1, -0.05) is 24.2 Å². The lowest BCUT2D eigenvalue weighted by atomic mass is 10.1. The number of hydrogen-bond donors (Lipinski definition) is 0. The fourth-order valence-corrected chi connectivity index (χ4v) is 2.33. The summed E-state index contributed by atoms with van der Waals surface area (Å²) in [5.41, 5.74) is 1.57.